The quantitative estimate of drug-likeness (QED) is 0.321. The molecule has 0 fully saturated rings. The van der Waals surface area contributed by atoms with Crippen LogP contribution in [0.1, 0.15) is 12.7 Å². The van der Waals surface area contributed by atoms with Crippen molar-refractivity contribution in [2.45, 2.75) is 13.5 Å². The Morgan fingerprint density at radius 3 is 2.93 bits per heavy atom. The maximum atomic E-state index is 5.34. The summed E-state index contributed by atoms with van der Waals surface area (Å²) in [5.41, 5.74) is 2.55. The fourth-order valence-corrected chi connectivity index (χ4v) is 1.22. The second kappa shape index (κ2) is 5.29. The van der Waals surface area contributed by atoms with Crippen LogP contribution < -0.4 is 11.3 Å². The number of furan rings is 1. The maximum absolute atomic E-state index is 5.34. The van der Waals surface area contributed by atoms with Crippen LogP contribution in [0.15, 0.2) is 27.8 Å². The predicted molar refractivity (Wildman–Crippen MR) is 55.5 cm³/mol. The minimum atomic E-state index is 0.656. The van der Waals surface area contributed by atoms with E-state index in [2.05, 4.69) is 10.4 Å². The summed E-state index contributed by atoms with van der Waals surface area (Å²) in [6.45, 7) is 3.52. The van der Waals surface area contributed by atoms with Gasteiger partial charge >= 0.3 is 0 Å². The van der Waals surface area contributed by atoms with E-state index < -0.39 is 0 Å². The Labute approximate surface area is 83.6 Å². The molecule has 78 valence electrons. The molecule has 1 aromatic rings. The van der Waals surface area contributed by atoms with E-state index in [1.807, 2.05) is 24.0 Å². The molecule has 0 aliphatic rings. The van der Waals surface area contributed by atoms with Crippen LogP contribution in [-0.2, 0) is 6.54 Å². The Morgan fingerprint density at radius 2 is 2.50 bits per heavy atom. The van der Waals surface area contributed by atoms with E-state index in [-0.39, 0.29) is 0 Å². The Balaban J connectivity index is 2.63. The van der Waals surface area contributed by atoms with Crippen LogP contribution in [0.4, 0.5) is 0 Å². The summed E-state index contributed by atoms with van der Waals surface area (Å²) in [5, 5.41) is 0. The highest BCUT2D eigenvalue weighted by Gasteiger charge is 2.09. The zero-order valence-corrected chi connectivity index (χ0v) is 8.53. The molecular formula is C9H16N4O. The molecule has 0 atom stereocenters. The van der Waals surface area contributed by atoms with Crippen molar-refractivity contribution in [3.63, 3.8) is 0 Å². The largest absolute Gasteiger partial charge is 0.467 e. The van der Waals surface area contributed by atoms with Gasteiger partial charge < -0.3 is 9.32 Å². The molecule has 5 nitrogen and oxygen atoms in total. The van der Waals surface area contributed by atoms with Gasteiger partial charge in [-0.3, -0.25) is 10.4 Å². The number of nitrogens with zero attached hydrogens (tertiary/aromatic N) is 2. The second-order valence-electron chi connectivity index (χ2n) is 2.79. The van der Waals surface area contributed by atoms with Crippen molar-refractivity contribution < 1.29 is 4.42 Å². The Hall–Kier alpha value is -1.49. The van der Waals surface area contributed by atoms with Crippen molar-refractivity contribution in [1.82, 2.24) is 10.3 Å². The summed E-state index contributed by atoms with van der Waals surface area (Å²) in [6.07, 6.45) is 1.65. The molecule has 0 saturated carbocycles. The number of hydrogen-bond acceptors (Lipinski definition) is 3. The third-order valence-corrected chi connectivity index (χ3v) is 1.95. The van der Waals surface area contributed by atoms with Crippen LogP contribution >= 0.6 is 0 Å². The van der Waals surface area contributed by atoms with E-state index in [9.17, 15) is 0 Å². The summed E-state index contributed by atoms with van der Waals surface area (Å²) >= 11 is 0. The van der Waals surface area contributed by atoms with Crippen LogP contribution in [0.3, 0.4) is 0 Å². The van der Waals surface area contributed by atoms with Crippen LogP contribution in [0.25, 0.3) is 0 Å². The van der Waals surface area contributed by atoms with Crippen molar-refractivity contribution in [3.8, 4) is 0 Å². The summed E-state index contributed by atoms with van der Waals surface area (Å²) < 4.78 is 5.24. The van der Waals surface area contributed by atoms with Gasteiger partial charge in [0, 0.05) is 13.6 Å². The fraction of sp³-hybridized carbons (Fsp3) is 0.444. The highest BCUT2D eigenvalue weighted by molar-refractivity contribution is 5.79. The highest BCUT2D eigenvalue weighted by atomic mass is 16.3. The fourth-order valence-electron chi connectivity index (χ4n) is 1.22. The molecule has 3 N–H and O–H groups in total. The molecule has 0 aromatic carbocycles. The molecule has 1 rings (SSSR count). The van der Waals surface area contributed by atoms with Gasteiger partial charge in [-0.25, -0.2) is 5.84 Å². The molecule has 1 heterocycles. The van der Waals surface area contributed by atoms with E-state index in [1.54, 1.807) is 13.3 Å². The molecule has 0 spiro atoms. The van der Waals surface area contributed by atoms with Gasteiger partial charge in [-0.15, -0.1) is 0 Å². The van der Waals surface area contributed by atoms with Gasteiger partial charge in [0.25, 0.3) is 0 Å². The summed E-state index contributed by atoms with van der Waals surface area (Å²) in [4.78, 5) is 6.01. The van der Waals surface area contributed by atoms with Crippen molar-refractivity contribution >= 4 is 5.96 Å². The third kappa shape index (κ3) is 2.50. The molecule has 5 heteroatoms. The Bertz CT molecular complexity index is 281. The lowest BCUT2D eigenvalue weighted by atomic mass is 10.4. The standard InChI is InChI=1S/C9H16N4O/c1-3-13(9(11-2)12-10)7-8-5-4-6-14-8/h4-6H,3,7,10H2,1-2H3,(H,11,12). The second-order valence-corrected chi connectivity index (χ2v) is 2.79. The first-order valence-corrected chi connectivity index (χ1v) is 4.52. The van der Waals surface area contributed by atoms with E-state index >= 15 is 0 Å². The van der Waals surface area contributed by atoms with Gasteiger partial charge in [0.1, 0.15) is 5.76 Å². The average molecular weight is 196 g/mol. The van der Waals surface area contributed by atoms with Crippen molar-refractivity contribution in [3.05, 3.63) is 24.2 Å². The average Bonchev–Trinajstić information content (AvgIpc) is 2.70. The first kappa shape index (κ1) is 10.6. The molecule has 0 unspecified atom stereocenters. The van der Waals surface area contributed by atoms with Crippen LogP contribution in [0.2, 0.25) is 0 Å². The topological polar surface area (TPSA) is 66.8 Å². The number of hydrogen-bond donors (Lipinski definition) is 2. The molecular weight excluding hydrogens is 180 g/mol. The van der Waals surface area contributed by atoms with Gasteiger partial charge in [-0.1, -0.05) is 0 Å². The van der Waals surface area contributed by atoms with Gasteiger partial charge in [-0.05, 0) is 19.1 Å². The summed E-state index contributed by atoms with van der Waals surface area (Å²) in [5.74, 6) is 6.88. The molecule has 1 aromatic heterocycles. The van der Waals surface area contributed by atoms with Crippen molar-refractivity contribution in [1.29, 1.82) is 0 Å². The Morgan fingerprint density at radius 1 is 1.71 bits per heavy atom. The lowest BCUT2D eigenvalue weighted by molar-refractivity contribution is 0.365. The first-order chi connectivity index (χ1) is 6.81. The first-order valence-electron chi connectivity index (χ1n) is 4.52. The van der Waals surface area contributed by atoms with E-state index in [0.717, 1.165) is 12.3 Å². The lowest BCUT2D eigenvalue weighted by Crippen LogP contribution is -2.44. The molecule has 0 aliphatic carbocycles. The van der Waals surface area contributed by atoms with Crippen LogP contribution in [0.5, 0.6) is 0 Å². The number of guanidine groups is 1. The highest BCUT2D eigenvalue weighted by Crippen LogP contribution is 2.04. The van der Waals surface area contributed by atoms with Gasteiger partial charge in [0.15, 0.2) is 0 Å². The number of aliphatic imine (C=N–C) groups is 1. The summed E-state index contributed by atoms with van der Waals surface area (Å²) in [6, 6.07) is 3.79. The van der Waals surface area contributed by atoms with Crippen LogP contribution in [-0.4, -0.2) is 24.5 Å². The monoisotopic (exact) mass is 196 g/mol. The van der Waals surface area contributed by atoms with Crippen molar-refractivity contribution in [2.75, 3.05) is 13.6 Å². The van der Waals surface area contributed by atoms with Crippen molar-refractivity contribution in [2.24, 2.45) is 10.8 Å². The minimum absolute atomic E-state index is 0.656. The summed E-state index contributed by atoms with van der Waals surface area (Å²) in [7, 11) is 1.69. The molecule has 14 heavy (non-hydrogen) atoms. The predicted octanol–water partition coefficient (Wildman–Crippen LogP) is 0.551. The van der Waals surface area contributed by atoms with Gasteiger partial charge in [-0.2, -0.15) is 0 Å². The number of hydrazine groups is 1. The number of rotatable bonds is 3. The lowest BCUT2D eigenvalue weighted by Gasteiger charge is -2.22. The zero-order chi connectivity index (χ0) is 10.4. The van der Waals surface area contributed by atoms with E-state index in [4.69, 9.17) is 10.3 Å². The van der Waals surface area contributed by atoms with Gasteiger partial charge in [0.05, 0.1) is 12.8 Å². The number of nitrogens with two attached hydrogens (primary N) is 1. The smallest absolute Gasteiger partial charge is 0.208 e. The zero-order valence-electron chi connectivity index (χ0n) is 8.53. The normalized spacial score (nSPS) is 11.5. The Kier molecular flexibility index (Phi) is 4.00. The maximum Gasteiger partial charge on any atom is 0.208 e. The third-order valence-electron chi connectivity index (χ3n) is 1.95. The minimum Gasteiger partial charge on any atom is -0.467 e. The van der Waals surface area contributed by atoms with Gasteiger partial charge in [0.2, 0.25) is 5.96 Å². The van der Waals surface area contributed by atoms with E-state index in [1.165, 1.54) is 0 Å². The van der Waals surface area contributed by atoms with E-state index in [0.29, 0.717) is 12.5 Å². The molecule has 0 amide bonds. The SMILES string of the molecule is CCN(Cc1ccco1)C(=NC)NN. The number of nitrogens with one attached hydrogen (secondary N) is 1. The molecule has 0 radical (unpaired) electrons. The molecule has 0 bridgehead atoms. The molecule has 0 saturated heterocycles. The molecule has 0 aliphatic heterocycles. The van der Waals surface area contributed by atoms with Crippen LogP contribution in [0, 0.1) is 0 Å².